The molecule has 1 heterocycles. The highest BCUT2D eigenvalue weighted by atomic mass is 16.4. The molecule has 1 fully saturated rings. The number of carboxylic acids is 2. The van der Waals surface area contributed by atoms with Gasteiger partial charge in [-0.25, -0.2) is 0 Å². The largest absolute Gasteiger partial charge is 0.481 e. The van der Waals surface area contributed by atoms with Gasteiger partial charge in [0.2, 0.25) is 41.4 Å². The fraction of sp³-hybridized carbons (Fsp3) is 0.605. The van der Waals surface area contributed by atoms with Gasteiger partial charge in [0, 0.05) is 20.0 Å². The Balaban J connectivity index is 2.23. The van der Waals surface area contributed by atoms with Crippen LogP contribution in [-0.2, 0) is 49.7 Å². The second-order valence-corrected chi connectivity index (χ2v) is 14.4. The van der Waals surface area contributed by atoms with Gasteiger partial charge >= 0.3 is 11.9 Å². The molecule has 1 aromatic carbocycles. The van der Waals surface area contributed by atoms with E-state index in [4.69, 9.17) is 0 Å². The Kier molecular flexibility index (Phi) is 18.9. The van der Waals surface area contributed by atoms with Crippen molar-refractivity contribution in [1.82, 2.24) is 36.8 Å². The summed E-state index contributed by atoms with van der Waals surface area (Å²) < 4.78 is 0. The van der Waals surface area contributed by atoms with E-state index in [2.05, 4.69) is 31.9 Å². The van der Waals surface area contributed by atoms with Gasteiger partial charge in [-0.05, 0) is 36.7 Å². The minimum atomic E-state index is -1.77. The minimum Gasteiger partial charge on any atom is -0.481 e. The van der Waals surface area contributed by atoms with Gasteiger partial charge in [-0.3, -0.25) is 43.2 Å². The third-order valence-electron chi connectivity index (χ3n) is 9.47. The monoisotopic (exact) mass is 787 g/mol. The Bertz CT molecular complexity index is 1560. The van der Waals surface area contributed by atoms with E-state index in [9.17, 15) is 53.4 Å². The number of likely N-dealkylation sites (tertiary alicyclic amines) is 1. The predicted molar refractivity (Wildman–Crippen MR) is 202 cm³/mol. The van der Waals surface area contributed by atoms with E-state index in [0.29, 0.717) is 32.1 Å². The van der Waals surface area contributed by atoms with Crippen LogP contribution in [0.15, 0.2) is 30.3 Å². The summed E-state index contributed by atoms with van der Waals surface area (Å²) in [5.41, 5.74) is 0.892. The van der Waals surface area contributed by atoms with Crippen molar-refractivity contribution in [3.05, 3.63) is 35.9 Å². The highest BCUT2D eigenvalue weighted by Gasteiger charge is 2.41. The molecule has 18 nitrogen and oxygen atoms in total. The lowest BCUT2D eigenvalue weighted by molar-refractivity contribution is -0.144. The molecule has 310 valence electrons. The van der Waals surface area contributed by atoms with E-state index in [1.54, 1.807) is 27.7 Å². The van der Waals surface area contributed by atoms with Gasteiger partial charge in [0.1, 0.15) is 36.3 Å². The average molecular weight is 788 g/mol. The zero-order chi connectivity index (χ0) is 42.1. The number of amides is 7. The quantitative estimate of drug-likeness (QED) is 0.0786. The average Bonchev–Trinajstić information content (AvgIpc) is 3.63. The van der Waals surface area contributed by atoms with E-state index in [1.165, 1.54) is 4.90 Å². The third-order valence-corrected chi connectivity index (χ3v) is 9.47. The number of carbonyl (C=O) groups excluding carboxylic acids is 7. The van der Waals surface area contributed by atoms with Crippen molar-refractivity contribution in [2.75, 3.05) is 6.54 Å². The van der Waals surface area contributed by atoms with Crippen LogP contribution in [0.1, 0.15) is 92.1 Å². The third kappa shape index (κ3) is 14.6. The molecule has 2 unspecified atom stereocenters. The molecular weight excluding hydrogens is 730 g/mol. The first-order valence-electron chi connectivity index (χ1n) is 18.9. The molecule has 0 radical (unpaired) electrons. The summed E-state index contributed by atoms with van der Waals surface area (Å²) in [5.74, 6) is -9.10. The van der Waals surface area contributed by atoms with Crippen molar-refractivity contribution in [3.8, 4) is 0 Å². The molecular formula is C38H57N7O11. The number of nitrogens with zero attached hydrogens (tertiary/aromatic N) is 1. The molecule has 7 atom stereocenters. The zero-order valence-corrected chi connectivity index (χ0v) is 32.9. The lowest BCUT2D eigenvalue weighted by Gasteiger charge is -2.33. The van der Waals surface area contributed by atoms with E-state index in [0.717, 1.165) is 12.5 Å². The second kappa shape index (κ2) is 22.7. The number of hydrogen-bond donors (Lipinski definition) is 8. The van der Waals surface area contributed by atoms with Crippen LogP contribution in [0.5, 0.6) is 0 Å². The van der Waals surface area contributed by atoms with Crippen LogP contribution in [-0.4, -0.2) is 111 Å². The van der Waals surface area contributed by atoms with Crippen molar-refractivity contribution in [2.24, 2.45) is 11.8 Å². The SMILES string of the molecule is CCCC(NC(=O)[C@@H]1CCCN1C(=O)[C@@H](NC(=O)[C@@H](NC(=O)[C@@H](CC(=O)O)NC(=O)[C@H](CC(=O)O)NC(C)=O)C(C)CC)C(C)C)C(=O)NCc1ccccc1. The summed E-state index contributed by atoms with van der Waals surface area (Å²) in [6, 6.07) is 1.71. The Hall–Kier alpha value is -5.55. The highest BCUT2D eigenvalue weighted by molar-refractivity contribution is 5.98. The summed E-state index contributed by atoms with van der Waals surface area (Å²) in [4.78, 5) is 117. The van der Waals surface area contributed by atoms with Crippen molar-refractivity contribution in [3.63, 3.8) is 0 Å². The maximum absolute atomic E-state index is 14.1. The van der Waals surface area contributed by atoms with Gasteiger partial charge in [0.15, 0.2) is 0 Å². The number of benzene rings is 1. The molecule has 1 saturated heterocycles. The molecule has 18 heteroatoms. The minimum absolute atomic E-state index is 0.220. The number of aliphatic carboxylic acids is 2. The van der Waals surface area contributed by atoms with Crippen LogP contribution in [0, 0.1) is 11.8 Å². The van der Waals surface area contributed by atoms with Crippen molar-refractivity contribution in [1.29, 1.82) is 0 Å². The topological polar surface area (TPSA) is 270 Å². The second-order valence-electron chi connectivity index (χ2n) is 14.4. The number of hydrogen-bond acceptors (Lipinski definition) is 9. The maximum atomic E-state index is 14.1. The Morgan fingerprint density at radius 3 is 1.84 bits per heavy atom. The van der Waals surface area contributed by atoms with Crippen LogP contribution in [0.4, 0.5) is 0 Å². The van der Waals surface area contributed by atoms with Gasteiger partial charge < -0.3 is 47.0 Å². The summed E-state index contributed by atoms with van der Waals surface area (Å²) >= 11 is 0. The van der Waals surface area contributed by atoms with Crippen molar-refractivity contribution < 1.29 is 53.4 Å². The molecule has 1 aliphatic rings. The lowest BCUT2D eigenvalue weighted by Crippen LogP contribution is -2.61. The Morgan fingerprint density at radius 2 is 1.30 bits per heavy atom. The van der Waals surface area contributed by atoms with Crippen LogP contribution in [0.25, 0.3) is 0 Å². The molecule has 0 saturated carbocycles. The Morgan fingerprint density at radius 1 is 0.732 bits per heavy atom. The van der Waals surface area contributed by atoms with Crippen LogP contribution in [0.2, 0.25) is 0 Å². The predicted octanol–water partition coefficient (Wildman–Crippen LogP) is 0.189. The number of carboxylic acid groups (broad SMARTS) is 2. The van der Waals surface area contributed by atoms with Gasteiger partial charge in [-0.1, -0.05) is 77.8 Å². The van der Waals surface area contributed by atoms with E-state index in [1.807, 2.05) is 37.3 Å². The molecule has 7 amide bonds. The first-order valence-corrected chi connectivity index (χ1v) is 18.9. The molecule has 0 aromatic heterocycles. The van der Waals surface area contributed by atoms with E-state index < -0.39 is 108 Å². The summed E-state index contributed by atoms with van der Waals surface area (Å²) in [6.45, 7) is 10.2. The molecule has 1 aromatic rings. The molecule has 0 bridgehead atoms. The molecule has 1 aliphatic heterocycles. The number of carbonyl (C=O) groups is 9. The van der Waals surface area contributed by atoms with E-state index >= 15 is 0 Å². The highest BCUT2D eigenvalue weighted by Crippen LogP contribution is 2.21. The number of nitrogens with one attached hydrogen (secondary N) is 6. The molecule has 0 aliphatic carbocycles. The number of rotatable bonds is 22. The summed E-state index contributed by atoms with van der Waals surface area (Å²) in [6.07, 6.45) is 0.374. The standard InChI is InChI=1S/C38H57N7O11/c1-7-13-25(33(51)39-20-24-14-10-9-11-15-24)41-36(54)28-16-12-17-45(28)38(56)31(21(3)4)43-37(55)32(22(5)8-2)44-35(53)27(19-30(49)50)42-34(52)26(18-29(47)48)40-23(6)46/h9-11,14-15,21-22,25-28,31-32H,7-8,12-13,16-20H2,1-6H3,(H,39,51)(H,40,46)(H,41,54)(H,42,52)(H,43,55)(H,44,53)(H,47,48)(H,49,50)/t22?,25?,26-,27+,28-,31-,32-/m0/s1. The smallest absolute Gasteiger partial charge is 0.305 e. The summed E-state index contributed by atoms with van der Waals surface area (Å²) in [7, 11) is 0. The van der Waals surface area contributed by atoms with Gasteiger partial charge in [-0.2, -0.15) is 0 Å². The van der Waals surface area contributed by atoms with Crippen LogP contribution in [0.3, 0.4) is 0 Å². The first-order chi connectivity index (χ1) is 26.4. The van der Waals surface area contributed by atoms with Crippen LogP contribution < -0.4 is 31.9 Å². The van der Waals surface area contributed by atoms with E-state index in [-0.39, 0.29) is 19.0 Å². The Labute approximate surface area is 326 Å². The van der Waals surface area contributed by atoms with Gasteiger partial charge in [-0.15, -0.1) is 0 Å². The molecule has 2 rings (SSSR count). The van der Waals surface area contributed by atoms with Crippen molar-refractivity contribution in [2.45, 2.75) is 129 Å². The summed E-state index contributed by atoms with van der Waals surface area (Å²) in [5, 5.41) is 33.8. The van der Waals surface area contributed by atoms with Crippen LogP contribution >= 0.6 is 0 Å². The molecule has 8 N–H and O–H groups in total. The van der Waals surface area contributed by atoms with Gasteiger partial charge in [0.05, 0.1) is 12.8 Å². The first kappa shape index (κ1) is 46.6. The lowest BCUT2D eigenvalue weighted by atomic mass is 9.95. The molecule has 56 heavy (non-hydrogen) atoms. The van der Waals surface area contributed by atoms with Gasteiger partial charge in [0.25, 0.3) is 0 Å². The molecule has 0 spiro atoms. The maximum Gasteiger partial charge on any atom is 0.305 e. The zero-order valence-electron chi connectivity index (χ0n) is 32.9. The fourth-order valence-electron chi connectivity index (χ4n) is 6.21. The van der Waals surface area contributed by atoms with Crippen molar-refractivity contribution >= 4 is 53.3 Å². The normalized spacial score (nSPS) is 16.9. The fourth-order valence-corrected chi connectivity index (χ4v) is 6.21.